The van der Waals surface area contributed by atoms with Gasteiger partial charge in [-0.15, -0.1) is 0 Å². The predicted octanol–water partition coefficient (Wildman–Crippen LogP) is 6.72. The van der Waals surface area contributed by atoms with Gasteiger partial charge in [-0.1, -0.05) is 117 Å². The molecule has 0 aromatic carbocycles. The first-order valence-electron chi connectivity index (χ1n) is 14.1. The average molecular weight is 499 g/mol. The van der Waals surface area contributed by atoms with Crippen molar-refractivity contribution in [2.75, 3.05) is 0 Å². The van der Waals surface area contributed by atoms with E-state index in [0.29, 0.717) is 12.8 Å². The Bertz CT molecular complexity index is 574. The van der Waals surface area contributed by atoms with Crippen LogP contribution in [0.5, 0.6) is 0 Å². The summed E-state index contributed by atoms with van der Waals surface area (Å²) in [5, 5.41) is 9.79. The number of carbonyl (C=O) groups excluding carboxylic acids is 4. The van der Waals surface area contributed by atoms with Gasteiger partial charge in [0, 0.05) is 12.8 Å². The summed E-state index contributed by atoms with van der Waals surface area (Å²) in [6, 6.07) is 0. The first-order valence-corrected chi connectivity index (χ1v) is 14.1. The topological polar surface area (TPSA) is 107 Å². The minimum absolute atomic E-state index is 0.0932. The summed E-state index contributed by atoms with van der Waals surface area (Å²) < 4.78 is 9.25. The molecule has 204 valence electrons. The van der Waals surface area contributed by atoms with Crippen molar-refractivity contribution >= 4 is 23.9 Å². The fourth-order valence-corrected chi connectivity index (χ4v) is 3.85. The van der Waals surface area contributed by atoms with Crippen molar-refractivity contribution in [1.82, 2.24) is 0 Å². The van der Waals surface area contributed by atoms with Gasteiger partial charge in [0.05, 0.1) is 6.42 Å². The Kier molecular flexibility index (Phi) is 22.8. The normalized spacial score (nSPS) is 11.7. The molecule has 0 bridgehead atoms. The lowest BCUT2D eigenvalue weighted by molar-refractivity contribution is -0.171. The highest BCUT2D eigenvalue weighted by Crippen LogP contribution is 2.12. The van der Waals surface area contributed by atoms with E-state index in [1.165, 1.54) is 64.2 Å². The first-order chi connectivity index (χ1) is 16.9. The van der Waals surface area contributed by atoms with Crippen molar-refractivity contribution < 1.29 is 33.8 Å². The van der Waals surface area contributed by atoms with Gasteiger partial charge in [-0.05, 0) is 12.8 Å². The Morgan fingerprint density at radius 1 is 0.514 bits per heavy atom. The van der Waals surface area contributed by atoms with Crippen molar-refractivity contribution in [3.8, 4) is 0 Å². The minimum atomic E-state index is -1.82. The molecule has 0 amide bonds. The standard InChI is InChI=1S/C28H50O7/c1-3-5-7-9-11-13-15-17-19-21-25(30)34-27(32)23-24(29)28(33)35-26(31)22-20-18-16-14-12-10-8-6-4-2/h24,29H,3-23H2,1-2H3. The molecule has 0 aliphatic rings. The zero-order chi connectivity index (χ0) is 26.2. The maximum absolute atomic E-state index is 11.8. The number of aliphatic hydroxyl groups is 1. The van der Waals surface area contributed by atoms with Gasteiger partial charge in [0.1, 0.15) is 0 Å². The quantitative estimate of drug-likeness (QED) is 0.0946. The third-order valence-corrected chi connectivity index (χ3v) is 6.04. The van der Waals surface area contributed by atoms with Crippen molar-refractivity contribution in [2.45, 2.75) is 155 Å². The molecule has 1 unspecified atom stereocenters. The van der Waals surface area contributed by atoms with E-state index in [-0.39, 0.29) is 12.8 Å². The Hall–Kier alpha value is -1.76. The maximum Gasteiger partial charge on any atom is 0.343 e. The van der Waals surface area contributed by atoms with E-state index in [0.717, 1.165) is 38.5 Å². The van der Waals surface area contributed by atoms with E-state index in [2.05, 4.69) is 23.3 Å². The van der Waals surface area contributed by atoms with Crippen LogP contribution >= 0.6 is 0 Å². The molecule has 0 aliphatic heterocycles. The number of carbonyl (C=O) groups is 4. The lowest BCUT2D eigenvalue weighted by Crippen LogP contribution is -2.29. The lowest BCUT2D eigenvalue weighted by Gasteiger charge is -2.09. The van der Waals surface area contributed by atoms with Crippen LogP contribution in [-0.2, 0) is 28.7 Å². The molecule has 0 aliphatic carbocycles. The summed E-state index contributed by atoms with van der Waals surface area (Å²) >= 11 is 0. The summed E-state index contributed by atoms with van der Waals surface area (Å²) in [7, 11) is 0. The van der Waals surface area contributed by atoms with Crippen LogP contribution in [-0.4, -0.2) is 35.1 Å². The van der Waals surface area contributed by atoms with E-state index >= 15 is 0 Å². The van der Waals surface area contributed by atoms with Crippen LogP contribution in [0.2, 0.25) is 0 Å². The molecular weight excluding hydrogens is 448 g/mol. The number of rotatable bonds is 23. The second-order valence-electron chi connectivity index (χ2n) is 9.52. The summed E-state index contributed by atoms with van der Waals surface area (Å²) in [5.74, 6) is -3.57. The highest BCUT2D eigenvalue weighted by atomic mass is 16.6. The van der Waals surface area contributed by atoms with Gasteiger partial charge in [-0.25, -0.2) is 4.79 Å². The molecule has 0 saturated heterocycles. The number of esters is 4. The molecule has 7 heteroatoms. The van der Waals surface area contributed by atoms with Gasteiger partial charge < -0.3 is 14.6 Å². The van der Waals surface area contributed by atoms with Crippen molar-refractivity contribution in [3.05, 3.63) is 0 Å². The van der Waals surface area contributed by atoms with Crippen LogP contribution in [0.4, 0.5) is 0 Å². The third kappa shape index (κ3) is 22.4. The van der Waals surface area contributed by atoms with Crippen LogP contribution in [0.15, 0.2) is 0 Å². The summed E-state index contributed by atoms with van der Waals surface area (Å²) in [6.07, 6.45) is 17.5. The molecule has 1 atom stereocenters. The fraction of sp³-hybridized carbons (Fsp3) is 0.857. The Labute approximate surface area is 212 Å². The molecule has 0 aromatic heterocycles. The van der Waals surface area contributed by atoms with E-state index < -0.39 is 36.4 Å². The molecule has 0 rings (SSSR count). The third-order valence-electron chi connectivity index (χ3n) is 6.04. The van der Waals surface area contributed by atoms with E-state index in [1.54, 1.807) is 0 Å². The van der Waals surface area contributed by atoms with Gasteiger partial charge >= 0.3 is 23.9 Å². The van der Waals surface area contributed by atoms with Gasteiger partial charge in [-0.3, -0.25) is 14.4 Å². The van der Waals surface area contributed by atoms with Crippen LogP contribution in [0.3, 0.4) is 0 Å². The molecule has 0 saturated carbocycles. The molecule has 0 aromatic rings. The summed E-state index contributed by atoms with van der Waals surface area (Å²) in [6.45, 7) is 4.38. The second-order valence-corrected chi connectivity index (χ2v) is 9.52. The number of hydrogen-bond donors (Lipinski definition) is 1. The molecular formula is C28H50O7. The van der Waals surface area contributed by atoms with Crippen LogP contribution in [0, 0.1) is 0 Å². The number of unbranched alkanes of at least 4 members (excludes halogenated alkanes) is 16. The van der Waals surface area contributed by atoms with Crippen molar-refractivity contribution in [1.29, 1.82) is 0 Å². The van der Waals surface area contributed by atoms with Crippen LogP contribution in [0.1, 0.15) is 149 Å². The van der Waals surface area contributed by atoms with Crippen molar-refractivity contribution in [3.63, 3.8) is 0 Å². The average Bonchev–Trinajstić information content (AvgIpc) is 2.81. The first kappa shape index (κ1) is 33.2. The smallest absolute Gasteiger partial charge is 0.343 e. The minimum Gasteiger partial charge on any atom is -0.393 e. The van der Waals surface area contributed by atoms with Crippen molar-refractivity contribution in [2.24, 2.45) is 0 Å². The largest absolute Gasteiger partial charge is 0.393 e. The zero-order valence-corrected chi connectivity index (χ0v) is 22.3. The lowest BCUT2D eigenvalue weighted by atomic mass is 10.1. The Balaban J connectivity index is 3.77. The maximum atomic E-state index is 11.8. The number of hydrogen-bond acceptors (Lipinski definition) is 7. The van der Waals surface area contributed by atoms with Gasteiger partial charge in [0.15, 0.2) is 6.10 Å². The highest BCUT2D eigenvalue weighted by molar-refractivity contribution is 5.92. The summed E-state index contributed by atoms with van der Waals surface area (Å²) in [4.78, 5) is 47.1. The Morgan fingerprint density at radius 3 is 1.26 bits per heavy atom. The number of aliphatic hydroxyl groups excluding tert-OH is 1. The monoisotopic (exact) mass is 498 g/mol. The molecule has 1 N–H and O–H groups in total. The highest BCUT2D eigenvalue weighted by Gasteiger charge is 2.25. The molecule has 0 radical (unpaired) electrons. The molecule has 0 spiro atoms. The second kappa shape index (κ2) is 24.0. The summed E-state index contributed by atoms with van der Waals surface area (Å²) in [5.41, 5.74) is 0. The zero-order valence-electron chi connectivity index (χ0n) is 22.3. The Morgan fingerprint density at radius 2 is 0.857 bits per heavy atom. The van der Waals surface area contributed by atoms with Gasteiger partial charge in [0.25, 0.3) is 0 Å². The molecule has 0 heterocycles. The molecule has 0 fully saturated rings. The molecule has 35 heavy (non-hydrogen) atoms. The number of ether oxygens (including phenoxy) is 2. The van der Waals surface area contributed by atoms with Crippen LogP contribution in [0.25, 0.3) is 0 Å². The fourth-order valence-electron chi connectivity index (χ4n) is 3.85. The SMILES string of the molecule is CCCCCCCCCCCC(=O)OC(=O)CC(O)C(=O)OC(=O)CCCCCCCCCCC. The van der Waals surface area contributed by atoms with E-state index in [1.807, 2.05) is 0 Å². The van der Waals surface area contributed by atoms with Gasteiger partial charge in [0.2, 0.25) is 0 Å². The predicted molar refractivity (Wildman–Crippen MR) is 137 cm³/mol. The molecule has 7 nitrogen and oxygen atoms in total. The van der Waals surface area contributed by atoms with Crippen LogP contribution < -0.4 is 0 Å². The van der Waals surface area contributed by atoms with Gasteiger partial charge in [-0.2, -0.15) is 0 Å². The van der Waals surface area contributed by atoms with E-state index in [9.17, 15) is 24.3 Å². The van der Waals surface area contributed by atoms with E-state index in [4.69, 9.17) is 0 Å².